The van der Waals surface area contributed by atoms with Gasteiger partial charge >= 0.3 is 17.1 Å². The van der Waals surface area contributed by atoms with E-state index in [0.29, 0.717) is 12.8 Å². The minimum atomic E-state index is 0. The first-order valence-electron chi connectivity index (χ1n) is 5.74. The molecule has 0 unspecified atom stereocenters. The van der Waals surface area contributed by atoms with Crippen LogP contribution in [0, 0.1) is 24.7 Å². The van der Waals surface area contributed by atoms with E-state index < -0.39 is 0 Å². The fourth-order valence-electron chi connectivity index (χ4n) is 1.40. The summed E-state index contributed by atoms with van der Waals surface area (Å²) in [5.74, 6) is 4.67. The van der Waals surface area contributed by atoms with E-state index in [1.807, 2.05) is 60.7 Å². The summed E-state index contributed by atoms with van der Waals surface area (Å²) in [7, 11) is 0. The number of hydrogen-bond donors (Lipinski definition) is 0. The van der Waals surface area contributed by atoms with Crippen molar-refractivity contribution in [1.29, 1.82) is 0 Å². The average Bonchev–Trinajstić information content (AvgIpc) is 2.43. The van der Waals surface area contributed by atoms with Gasteiger partial charge in [-0.1, -0.05) is 60.7 Å². The molecule has 0 fully saturated rings. The maximum atomic E-state index is 6.69. The standard InChI is InChI=1S/2C9H7.Cu/c2*1-2-6-9-7-4-3-5-8-9;/h2*3-5,7-8H,6H2;/q2*-1;+2. The van der Waals surface area contributed by atoms with Crippen molar-refractivity contribution in [2.75, 3.05) is 0 Å². The third-order valence-corrected chi connectivity index (χ3v) is 2.27. The molecule has 0 spiro atoms. The van der Waals surface area contributed by atoms with Crippen molar-refractivity contribution >= 4 is 0 Å². The molecule has 97 valence electrons. The largest absolute Gasteiger partial charge is 2.00 e. The Hall–Kier alpha value is -1.92. The van der Waals surface area contributed by atoms with E-state index in [4.69, 9.17) is 12.8 Å². The Kier molecular flexibility index (Phi) is 10.1. The van der Waals surface area contributed by atoms with E-state index >= 15 is 0 Å². The molecule has 0 heterocycles. The molecule has 2 rings (SSSR count). The first-order chi connectivity index (χ1) is 8.86. The Morgan fingerprint density at radius 2 is 0.947 bits per heavy atom. The monoisotopic (exact) mass is 293 g/mol. The second kappa shape index (κ2) is 11.2. The SMILES string of the molecule is [C-]#CCc1ccccc1.[C-]#CCc1ccccc1.[Cu+2]. The molecule has 0 N–H and O–H groups in total. The van der Waals surface area contributed by atoms with Crippen LogP contribution in [0.5, 0.6) is 0 Å². The van der Waals surface area contributed by atoms with Gasteiger partial charge in [-0.25, -0.2) is 0 Å². The molecule has 1 radical (unpaired) electrons. The van der Waals surface area contributed by atoms with Crippen molar-refractivity contribution in [2.24, 2.45) is 0 Å². The zero-order chi connectivity index (χ0) is 13.1. The van der Waals surface area contributed by atoms with E-state index in [-0.39, 0.29) is 17.1 Å². The van der Waals surface area contributed by atoms with Crippen LogP contribution >= 0.6 is 0 Å². The molecule has 0 saturated heterocycles. The van der Waals surface area contributed by atoms with Crippen LogP contribution in [0.1, 0.15) is 11.1 Å². The third kappa shape index (κ3) is 7.91. The second-order valence-electron chi connectivity index (χ2n) is 3.68. The zero-order valence-electron chi connectivity index (χ0n) is 10.5. The van der Waals surface area contributed by atoms with Crippen LogP contribution in [-0.4, -0.2) is 0 Å². The topological polar surface area (TPSA) is 0 Å². The number of benzene rings is 2. The van der Waals surface area contributed by atoms with Crippen LogP contribution < -0.4 is 0 Å². The van der Waals surface area contributed by atoms with E-state index in [1.165, 1.54) is 0 Å². The van der Waals surface area contributed by atoms with E-state index in [1.54, 1.807) is 0 Å². The fourth-order valence-corrected chi connectivity index (χ4v) is 1.40. The first kappa shape index (κ1) is 17.1. The van der Waals surface area contributed by atoms with E-state index in [9.17, 15) is 0 Å². The summed E-state index contributed by atoms with van der Waals surface area (Å²) < 4.78 is 0. The molecule has 0 amide bonds. The van der Waals surface area contributed by atoms with Gasteiger partial charge in [-0.2, -0.15) is 0 Å². The smallest absolute Gasteiger partial charge is 0.693 e. The zero-order valence-corrected chi connectivity index (χ0v) is 11.4. The van der Waals surface area contributed by atoms with E-state index in [2.05, 4.69) is 11.8 Å². The molecular weight excluding hydrogens is 280 g/mol. The number of rotatable bonds is 2. The second-order valence-corrected chi connectivity index (χ2v) is 3.68. The number of hydrogen-bond acceptors (Lipinski definition) is 0. The van der Waals surface area contributed by atoms with Gasteiger partial charge in [0.25, 0.3) is 0 Å². The molecule has 1 heteroatoms. The minimum absolute atomic E-state index is 0. The Balaban J connectivity index is 0.000000324. The van der Waals surface area contributed by atoms with Gasteiger partial charge in [-0.3, -0.25) is 0 Å². The van der Waals surface area contributed by atoms with Gasteiger partial charge in [0.05, 0.1) is 0 Å². The summed E-state index contributed by atoms with van der Waals surface area (Å²) in [6.45, 7) is 0. The van der Waals surface area contributed by atoms with Gasteiger partial charge in [-0.05, 0) is 24.0 Å². The Labute approximate surface area is 126 Å². The summed E-state index contributed by atoms with van der Waals surface area (Å²) in [6, 6.07) is 19.7. The molecular formula is C18H14Cu. The summed E-state index contributed by atoms with van der Waals surface area (Å²) in [6.07, 6.45) is 14.6. The van der Waals surface area contributed by atoms with Crippen LogP contribution in [0.15, 0.2) is 60.7 Å². The molecule has 0 saturated carbocycles. The van der Waals surface area contributed by atoms with Gasteiger partial charge in [0, 0.05) is 0 Å². The molecule has 0 bridgehead atoms. The molecule has 2 aromatic rings. The van der Waals surface area contributed by atoms with Gasteiger partial charge in [0.2, 0.25) is 0 Å². The first-order valence-corrected chi connectivity index (χ1v) is 5.74. The van der Waals surface area contributed by atoms with Crippen LogP contribution in [0.2, 0.25) is 0 Å². The summed E-state index contributed by atoms with van der Waals surface area (Å²) >= 11 is 0. The molecule has 0 atom stereocenters. The van der Waals surface area contributed by atoms with Gasteiger partial charge < -0.3 is 24.7 Å². The van der Waals surface area contributed by atoms with Crippen LogP contribution in [0.25, 0.3) is 0 Å². The van der Waals surface area contributed by atoms with Crippen LogP contribution in [0.4, 0.5) is 0 Å². The normalized spacial score (nSPS) is 7.89. The predicted octanol–water partition coefficient (Wildman–Crippen LogP) is 3.64. The van der Waals surface area contributed by atoms with Gasteiger partial charge in [-0.15, -0.1) is 0 Å². The maximum Gasteiger partial charge on any atom is 2.00 e. The van der Waals surface area contributed by atoms with Crippen LogP contribution in [-0.2, 0) is 29.9 Å². The fraction of sp³-hybridized carbons (Fsp3) is 0.111. The summed E-state index contributed by atoms with van der Waals surface area (Å²) in [4.78, 5) is 0. The van der Waals surface area contributed by atoms with Gasteiger partial charge in [0.1, 0.15) is 0 Å². The molecule has 0 aliphatic heterocycles. The third-order valence-electron chi connectivity index (χ3n) is 2.27. The minimum Gasteiger partial charge on any atom is -0.693 e. The molecule has 2 aromatic carbocycles. The Bertz CT molecular complexity index is 464. The Morgan fingerprint density at radius 1 is 0.632 bits per heavy atom. The maximum absolute atomic E-state index is 6.69. The average molecular weight is 294 g/mol. The quantitative estimate of drug-likeness (QED) is 0.451. The Morgan fingerprint density at radius 3 is 1.21 bits per heavy atom. The summed E-state index contributed by atoms with van der Waals surface area (Å²) in [5.41, 5.74) is 2.29. The van der Waals surface area contributed by atoms with Crippen LogP contribution in [0.3, 0.4) is 0 Å². The molecule has 19 heavy (non-hydrogen) atoms. The van der Waals surface area contributed by atoms with E-state index in [0.717, 1.165) is 11.1 Å². The van der Waals surface area contributed by atoms with Crippen molar-refractivity contribution in [3.05, 3.63) is 84.6 Å². The van der Waals surface area contributed by atoms with Crippen molar-refractivity contribution in [2.45, 2.75) is 12.8 Å². The van der Waals surface area contributed by atoms with Crippen molar-refractivity contribution in [3.63, 3.8) is 0 Å². The predicted molar refractivity (Wildman–Crippen MR) is 74.6 cm³/mol. The summed E-state index contributed by atoms with van der Waals surface area (Å²) in [5, 5.41) is 0. The molecule has 0 aromatic heterocycles. The van der Waals surface area contributed by atoms with Gasteiger partial charge in [0.15, 0.2) is 0 Å². The molecule has 0 aliphatic rings. The van der Waals surface area contributed by atoms with Crippen molar-refractivity contribution in [1.82, 2.24) is 0 Å². The van der Waals surface area contributed by atoms with Crippen molar-refractivity contribution in [3.8, 4) is 11.8 Å². The van der Waals surface area contributed by atoms with Crippen molar-refractivity contribution < 1.29 is 17.1 Å². The molecule has 0 nitrogen and oxygen atoms in total. The molecule has 0 aliphatic carbocycles.